The van der Waals surface area contributed by atoms with Crippen LogP contribution in [0.25, 0.3) is 0 Å². The van der Waals surface area contributed by atoms with E-state index in [1.165, 1.54) is 0 Å². The Balaban J connectivity index is 2.06. The fraction of sp³-hybridized carbons (Fsp3) is 1.00. The Bertz CT molecular complexity index is 312. The molecule has 0 aromatic rings. The second-order valence-electron chi connectivity index (χ2n) is 7.41. The SMILES string of the molecule is CC(C)(C)[Si](C)(C)OCCNCCN1CCS(O)(O)CC1. The normalized spacial score (nSPS) is 22.2. The molecule has 0 radical (unpaired) electrons. The van der Waals surface area contributed by atoms with Gasteiger partial charge in [0.1, 0.15) is 0 Å². The number of nitrogens with one attached hydrogen (secondary N) is 1. The third-order valence-electron chi connectivity index (χ3n) is 4.62. The van der Waals surface area contributed by atoms with E-state index in [-0.39, 0.29) is 5.04 Å². The van der Waals surface area contributed by atoms with E-state index in [1.807, 2.05) is 0 Å². The van der Waals surface area contributed by atoms with Gasteiger partial charge in [-0.2, -0.15) is 10.6 Å². The van der Waals surface area contributed by atoms with E-state index in [2.05, 4.69) is 44.1 Å². The first-order valence-corrected chi connectivity index (χ1v) is 12.6. The first-order valence-electron chi connectivity index (χ1n) is 7.84. The van der Waals surface area contributed by atoms with Crippen LogP contribution in [0.5, 0.6) is 0 Å². The summed E-state index contributed by atoms with van der Waals surface area (Å²) in [5.41, 5.74) is 0. The smallest absolute Gasteiger partial charge is 0.192 e. The van der Waals surface area contributed by atoms with Crippen LogP contribution < -0.4 is 5.32 Å². The minimum Gasteiger partial charge on any atom is -0.416 e. The molecule has 0 bridgehead atoms. The molecule has 7 heteroatoms. The third kappa shape index (κ3) is 6.98. The molecule has 1 aliphatic rings. The van der Waals surface area contributed by atoms with Crippen molar-refractivity contribution in [2.45, 2.75) is 38.9 Å². The lowest BCUT2D eigenvalue weighted by Crippen LogP contribution is -2.44. The maximum Gasteiger partial charge on any atom is 0.192 e. The maximum absolute atomic E-state index is 9.56. The summed E-state index contributed by atoms with van der Waals surface area (Å²) in [5.74, 6) is 1.06. The number of hydrogen-bond donors (Lipinski definition) is 3. The minimum atomic E-state index is -2.26. The Morgan fingerprint density at radius 1 is 1.14 bits per heavy atom. The van der Waals surface area contributed by atoms with Crippen LogP contribution in [0, 0.1) is 0 Å². The van der Waals surface area contributed by atoms with Crippen molar-refractivity contribution in [2.24, 2.45) is 0 Å². The van der Waals surface area contributed by atoms with E-state index in [1.54, 1.807) is 0 Å². The molecule has 1 rings (SSSR count). The average Bonchev–Trinajstić information content (AvgIpc) is 2.34. The van der Waals surface area contributed by atoms with Crippen molar-refractivity contribution < 1.29 is 13.5 Å². The highest BCUT2D eigenvalue weighted by Gasteiger charge is 2.36. The van der Waals surface area contributed by atoms with Gasteiger partial charge in [-0.3, -0.25) is 14.0 Å². The van der Waals surface area contributed by atoms with Gasteiger partial charge in [-0.1, -0.05) is 20.8 Å². The lowest BCUT2D eigenvalue weighted by molar-refractivity contribution is 0.266. The highest BCUT2D eigenvalue weighted by atomic mass is 32.3. The molecule has 0 aliphatic carbocycles. The quantitative estimate of drug-likeness (QED) is 0.492. The van der Waals surface area contributed by atoms with Gasteiger partial charge in [0.25, 0.3) is 0 Å². The van der Waals surface area contributed by atoms with Crippen molar-refractivity contribution in [3.05, 3.63) is 0 Å². The molecule has 5 nitrogen and oxygen atoms in total. The Labute approximate surface area is 132 Å². The van der Waals surface area contributed by atoms with Crippen molar-refractivity contribution in [2.75, 3.05) is 50.8 Å². The molecule has 1 saturated heterocycles. The van der Waals surface area contributed by atoms with Crippen LogP contribution >= 0.6 is 10.6 Å². The largest absolute Gasteiger partial charge is 0.416 e. The van der Waals surface area contributed by atoms with Crippen LogP contribution in [0.15, 0.2) is 0 Å². The lowest BCUT2D eigenvalue weighted by Gasteiger charge is -2.41. The van der Waals surface area contributed by atoms with Crippen molar-refractivity contribution >= 4 is 18.9 Å². The Hall–Kier alpha value is 0.367. The molecule has 0 aromatic carbocycles. The lowest BCUT2D eigenvalue weighted by atomic mass is 10.2. The van der Waals surface area contributed by atoms with Gasteiger partial charge < -0.3 is 9.74 Å². The van der Waals surface area contributed by atoms with E-state index in [0.29, 0.717) is 11.5 Å². The Morgan fingerprint density at radius 3 is 2.24 bits per heavy atom. The molecule has 1 heterocycles. The predicted octanol–water partition coefficient (Wildman–Crippen LogP) is 2.66. The maximum atomic E-state index is 9.56. The van der Waals surface area contributed by atoms with E-state index in [0.717, 1.165) is 39.3 Å². The molecule has 128 valence electrons. The van der Waals surface area contributed by atoms with Gasteiger partial charge in [-0.05, 0) is 18.1 Å². The van der Waals surface area contributed by atoms with Gasteiger partial charge in [-0.15, -0.1) is 0 Å². The van der Waals surface area contributed by atoms with Gasteiger partial charge in [0, 0.05) is 39.3 Å². The number of hydrogen-bond acceptors (Lipinski definition) is 5. The highest BCUT2D eigenvalue weighted by molar-refractivity contribution is 8.24. The summed E-state index contributed by atoms with van der Waals surface area (Å²) in [5, 5.41) is 3.68. The topological polar surface area (TPSA) is 65.0 Å². The Kier molecular flexibility index (Phi) is 7.18. The van der Waals surface area contributed by atoms with Crippen LogP contribution in [-0.2, 0) is 4.43 Å². The fourth-order valence-corrected chi connectivity index (χ4v) is 4.30. The minimum absolute atomic E-state index is 0.268. The summed E-state index contributed by atoms with van der Waals surface area (Å²) in [4.78, 5) is 2.29. The molecule has 0 aromatic heterocycles. The van der Waals surface area contributed by atoms with Crippen LogP contribution in [0.2, 0.25) is 18.1 Å². The zero-order chi connectivity index (χ0) is 16.1. The fourth-order valence-electron chi connectivity index (χ4n) is 1.95. The van der Waals surface area contributed by atoms with Gasteiger partial charge in [-0.25, -0.2) is 0 Å². The van der Waals surface area contributed by atoms with Gasteiger partial charge in [0.2, 0.25) is 0 Å². The summed E-state index contributed by atoms with van der Waals surface area (Å²) in [6.45, 7) is 16.5. The van der Waals surface area contributed by atoms with Gasteiger partial charge >= 0.3 is 0 Å². The average molecular weight is 339 g/mol. The highest BCUT2D eigenvalue weighted by Crippen LogP contribution is 2.40. The van der Waals surface area contributed by atoms with E-state index in [4.69, 9.17) is 4.43 Å². The molecule has 0 saturated carbocycles. The molecule has 3 N–H and O–H groups in total. The molecule has 0 atom stereocenters. The molecular formula is C14H34N2O3SSi. The molecule has 1 fully saturated rings. The summed E-state index contributed by atoms with van der Waals surface area (Å²) in [6, 6.07) is 0. The third-order valence-corrected chi connectivity index (χ3v) is 10.8. The summed E-state index contributed by atoms with van der Waals surface area (Å²) >= 11 is 0. The van der Waals surface area contributed by atoms with E-state index >= 15 is 0 Å². The zero-order valence-corrected chi connectivity index (χ0v) is 16.1. The molecule has 21 heavy (non-hydrogen) atoms. The van der Waals surface area contributed by atoms with Crippen LogP contribution in [0.4, 0.5) is 0 Å². The van der Waals surface area contributed by atoms with Crippen molar-refractivity contribution in [1.82, 2.24) is 10.2 Å². The van der Waals surface area contributed by atoms with Gasteiger partial charge in [0.15, 0.2) is 8.32 Å². The van der Waals surface area contributed by atoms with Crippen molar-refractivity contribution in [1.29, 1.82) is 0 Å². The molecule has 0 spiro atoms. The predicted molar refractivity (Wildman–Crippen MR) is 95.0 cm³/mol. The summed E-state index contributed by atoms with van der Waals surface area (Å²) in [6.07, 6.45) is 0. The molecule has 1 aliphatic heterocycles. The van der Waals surface area contributed by atoms with Crippen molar-refractivity contribution in [3.63, 3.8) is 0 Å². The molecule has 0 unspecified atom stereocenters. The van der Waals surface area contributed by atoms with Crippen LogP contribution in [-0.4, -0.2) is 73.2 Å². The second-order valence-corrected chi connectivity index (χ2v) is 14.6. The summed E-state index contributed by atoms with van der Waals surface area (Å²) < 4.78 is 25.2. The molecular weight excluding hydrogens is 304 g/mol. The first kappa shape index (κ1) is 19.4. The van der Waals surface area contributed by atoms with Crippen LogP contribution in [0.1, 0.15) is 20.8 Å². The van der Waals surface area contributed by atoms with Gasteiger partial charge in [0.05, 0.1) is 11.5 Å². The number of nitrogens with zero attached hydrogens (tertiary/aromatic N) is 1. The second kappa shape index (κ2) is 7.76. The number of rotatable bonds is 7. The van der Waals surface area contributed by atoms with E-state index < -0.39 is 18.9 Å². The van der Waals surface area contributed by atoms with Crippen LogP contribution in [0.3, 0.4) is 0 Å². The monoisotopic (exact) mass is 338 g/mol. The van der Waals surface area contributed by atoms with Crippen molar-refractivity contribution in [3.8, 4) is 0 Å². The standard InChI is InChI=1S/C14H34N2O3SSi/c1-14(2,3)21(4,5)19-11-7-15-6-8-16-9-12-20(17,18)13-10-16/h15,17-18H,6-13H2,1-5H3. The summed E-state index contributed by atoms with van der Waals surface area (Å²) in [7, 11) is -3.88. The van der Waals surface area contributed by atoms with E-state index in [9.17, 15) is 9.11 Å². The zero-order valence-electron chi connectivity index (χ0n) is 14.3. The molecule has 0 amide bonds. The first-order chi connectivity index (χ1) is 9.54. The Morgan fingerprint density at radius 2 is 1.71 bits per heavy atom.